The Hall–Kier alpha value is -2.18. The van der Waals surface area contributed by atoms with E-state index in [0.717, 1.165) is 27.4 Å². The first kappa shape index (κ1) is 15.2. The average molecular weight is 301 g/mol. The summed E-state index contributed by atoms with van der Waals surface area (Å²) in [6, 6.07) is 12.0. The predicted molar refractivity (Wildman–Crippen MR) is 83.0 cm³/mol. The molecule has 0 saturated heterocycles. The molecule has 0 spiro atoms. The number of aryl methyl sites for hydroxylation is 1. The molecule has 0 aliphatic heterocycles. The quantitative estimate of drug-likeness (QED) is 0.605. The van der Waals surface area contributed by atoms with Gasteiger partial charge in [-0.15, -0.1) is 0 Å². The molecule has 2 aromatic rings. The minimum Gasteiger partial charge on any atom is -0.207 e. The van der Waals surface area contributed by atoms with Gasteiger partial charge < -0.3 is 0 Å². The maximum Gasteiger partial charge on any atom is 0.205 e. The molecule has 0 radical (unpaired) electrons. The van der Waals surface area contributed by atoms with E-state index in [9.17, 15) is 4.39 Å². The highest BCUT2D eigenvalue weighted by atomic mass is 35.5. The van der Waals surface area contributed by atoms with E-state index < -0.39 is 0 Å². The molecule has 0 saturated carbocycles. The molecular weight excluding hydrogens is 287 g/mol. The van der Waals surface area contributed by atoms with Gasteiger partial charge in [0.15, 0.2) is 0 Å². The van der Waals surface area contributed by atoms with E-state index in [1.54, 1.807) is 12.1 Å². The van der Waals surface area contributed by atoms with Crippen LogP contribution in [0.15, 0.2) is 47.5 Å². The van der Waals surface area contributed by atoms with E-state index in [1.165, 1.54) is 12.1 Å². The molecule has 0 N–H and O–H groups in total. The summed E-state index contributed by atoms with van der Waals surface area (Å²) < 4.78 is 12.9. The van der Waals surface area contributed by atoms with Crippen LogP contribution in [0.3, 0.4) is 0 Å². The van der Waals surface area contributed by atoms with E-state index in [1.807, 2.05) is 31.3 Å². The minimum atomic E-state index is -0.272. The highest BCUT2D eigenvalue weighted by Gasteiger charge is 2.06. The Morgan fingerprint density at radius 2 is 1.76 bits per heavy atom. The molecule has 4 heteroatoms. The van der Waals surface area contributed by atoms with Crippen molar-refractivity contribution in [1.29, 1.82) is 5.26 Å². The molecule has 0 aliphatic carbocycles. The Labute approximate surface area is 128 Å². The van der Waals surface area contributed by atoms with Gasteiger partial charge in [-0.05, 0) is 41.8 Å². The SMILES string of the molecule is Cc1cc(CC(Cc2ccc(F)cc2)=NC#N)ccc1Cl. The van der Waals surface area contributed by atoms with E-state index in [-0.39, 0.29) is 5.82 Å². The smallest absolute Gasteiger partial charge is 0.205 e. The number of benzene rings is 2. The van der Waals surface area contributed by atoms with Crippen LogP contribution in [0.2, 0.25) is 5.02 Å². The number of halogens is 2. The van der Waals surface area contributed by atoms with Crippen molar-refractivity contribution in [3.8, 4) is 6.19 Å². The van der Waals surface area contributed by atoms with Crippen molar-refractivity contribution < 1.29 is 4.39 Å². The Bertz CT molecular complexity index is 700. The molecule has 2 nitrogen and oxygen atoms in total. The summed E-state index contributed by atoms with van der Waals surface area (Å²) in [4.78, 5) is 3.88. The van der Waals surface area contributed by atoms with E-state index in [0.29, 0.717) is 12.8 Å². The summed E-state index contributed by atoms with van der Waals surface area (Å²) in [7, 11) is 0. The van der Waals surface area contributed by atoms with E-state index >= 15 is 0 Å². The Morgan fingerprint density at radius 3 is 2.38 bits per heavy atom. The van der Waals surface area contributed by atoms with Crippen molar-refractivity contribution in [2.45, 2.75) is 19.8 Å². The zero-order valence-corrected chi connectivity index (χ0v) is 12.4. The van der Waals surface area contributed by atoms with Gasteiger partial charge in [-0.2, -0.15) is 10.3 Å². The van der Waals surface area contributed by atoms with Crippen LogP contribution in [0.5, 0.6) is 0 Å². The fourth-order valence-corrected chi connectivity index (χ4v) is 2.22. The molecule has 0 amide bonds. The Kier molecular flexibility index (Phi) is 5.08. The summed E-state index contributed by atoms with van der Waals surface area (Å²) in [5, 5.41) is 9.54. The average Bonchev–Trinajstić information content (AvgIpc) is 2.46. The first-order valence-corrected chi connectivity index (χ1v) is 6.90. The first-order chi connectivity index (χ1) is 10.1. The molecule has 2 rings (SSSR count). The molecule has 0 aromatic heterocycles. The molecule has 21 heavy (non-hydrogen) atoms. The van der Waals surface area contributed by atoms with Gasteiger partial charge in [0.25, 0.3) is 0 Å². The second kappa shape index (κ2) is 7.01. The van der Waals surface area contributed by atoms with Crippen LogP contribution >= 0.6 is 11.6 Å². The van der Waals surface area contributed by atoms with Gasteiger partial charge in [0.2, 0.25) is 6.19 Å². The summed E-state index contributed by atoms with van der Waals surface area (Å²) in [6.45, 7) is 1.94. The zero-order valence-electron chi connectivity index (χ0n) is 11.6. The molecule has 0 unspecified atom stereocenters. The molecule has 2 aromatic carbocycles. The summed E-state index contributed by atoms with van der Waals surface area (Å²) in [6.07, 6.45) is 2.93. The predicted octanol–water partition coefficient (Wildman–Crippen LogP) is 4.49. The molecular formula is C17H14ClFN2. The zero-order chi connectivity index (χ0) is 15.2. The maximum absolute atomic E-state index is 12.9. The van der Waals surface area contributed by atoms with Gasteiger partial charge in [0, 0.05) is 23.6 Å². The second-order valence-electron chi connectivity index (χ2n) is 4.84. The Balaban J connectivity index is 2.16. The lowest BCUT2D eigenvalue weighted by Gasteiger charge is -2.07. The van der Waals surface area contributed by atoms with Crippen LogP contribution in [0.25, 0.3) is 0 Å². The number of hydrogen-bond acceptors (Lipinski definition) is 2. The fourth-order valence-electron chi connectivity index (χ4n) is 2.10. The van der Waals surface area contributed by atoms with Crippen LogP contribution in [0.1, 0.15) is 16.7 Å². The topological polar surface area (TPSA) is 36.1 Å². The third-order valence-corrected chi connectivity index (χ3v) is 3.58. The monoisotopic (exact) mass is 300 g/mol. The van der Waals surface area contributed by atoms with Gasteiger partial charge in [-0.3, -0.25) is 0 Å². The highest BCUT2D eigenvalue weighted by Crippen LogP contribution is 2.17. The van der Waals surface area contributed by atoms with Crippen molar-refractivity contribution in [3.63, 3.8) is 0 Å². The number of hydrogen-bond donors (Lipinski definition) is 0. The van der Waals surface area contributed by atoms with E-state index in [4.69, 9.17) is 16.9 Å². The third kappa shape index (κ3) is 4.40. The molecule has 0 fully saturated rings. The lowest BCUT2D eigenvalue weighted by molar-refractivity contribution is 0.627. The van der Waals surface area contributed by atoms with Gasteiger partial charge in [0.05, 0.1) is 0 Å². The van der Waals surface area contributed by atoms with Crippen molar-refractivity contribution in [2.24, 2.45) is 4.99 Å². The molecule has 0 atom stereocenters. The fraction of sp³-hybridized carbons (Fsp3) is 0.176. The maximum atomic E-state index is 12.9. The van der Waals surface area contributed by atoms with Crippen molar-refractivity contribution >= 4 is 17.3 Å². The number of nitriles is 1. The van der Waals surface area contributed by atoms with Crippen LogP contribution in [0, 0.1) is 24.2 Å². The van der Waals surface area contributed by atoms with Crippen LogP contribution < -0.4 is 0 Å². The summed E-state index contributed by atoms with van der Waals surface area (Å²) in [5.41, 5.74) is 3.71. The number of aliphatic imine (C=N–C) groups is 1. The lowest BCUT2D eigenvalue weighted by Crippen LogP contribution is -2.07. The normalized spacial score (nSPS) is 11.2. The molecule has 0 heterocycles. The number of nitrogens with zero attached hydrogens (tertiary/aromatic N) is 2. The lowest BCUT2D eigenvalue weighted by atomic mass is 10.0. The van der Waals surface area contributed by atoms with Crippen LogP contribution in [0.4, 0.5) is 4.39 Å². The number of rotatable bonds is 4. The first-order valence-electron chi connectivity index (χ1n) is 6.52. The van der Waals surface area contributed by atoms with Crippen LogP contribution in [-0.4, -0.2) is 5.71 Å². The third-order valence-electron chi connectivity index (χ3n) is 3.16. The standard InChI is InChI=1S/C17H14ClFN2/c1-12-8-14(4-7-17(12)18)10-16(21-11-20)9-13-2-5-15(19)6-3-13/h2-8H,9-10H2,1H3. The largest absolute Gasteiger partial charge is 0.207 e. The van der Waals surface area contributed by atoms with Crippen LogP contribution in [-0.2, 0) is 12.8 Å². The Morgan fingerprint density at radius 1 is 1.14 bits per heavy atom. The van der Waals surface area contributed by atoms with Crippen molar-refractivity contribution in [1.82, 2.24) is 0 Å². The highest BCUT2D eigenvalue weighted by molar-refractivity contribution is 6.31. The van der Waals surface area contributed by atoms with E-state index in [2.05, 4.69) is 4.99 Å². The second-order valence-corrected chi connectivity index (χ2v) is 5.25. The summed E-state index contributed by atoms with van der Waals surface area (Å²) >= 11 is 6.00. The van der Waals surface area contributed by atoms with Crippen molar-refractivity contribution in [2.75, 3.05) is 0 Å². The minimum absolute atomic E-state index is 0.272. The van der Waals surface area contributed by atoms with Gasteiger partial charge in [0.1, 0.15) is 5.82 Å². The van der Waals surface area contributed by atoms with Gasteiger partial charge in [-0.25, -0.2) is 4.39 Å². The molecule has 0 aliphatic rings. The van der Waals surface area contributed by atoms with Gasteiger partial charge in [-0.1, -0.05) is 35.9 Å². The van der Waals surface area contributed by atoms with Crippen molar-refractivity contribution in [3.05, 3.63) is 70.0 Å². The summed E-state index contributed by atoms with van der Waals surface area (Å²) in [5.74, 6) is -0.272. The molecule has 0 bridgehead atoms. The van der Waals surface area contributed by atoms with Gasteiger partial charge >= 0.3 is 0 Å². The molecule has 106 valence electrons.